The number of carbonyl (C=O) groups is 1. The number of carbonyl (C=O) groups excluding carboxylic acids is 1. The van der Waals surface area contributed by atoms with Crippen LogP contribution < -0.4 is 0 Å². The molecule has 0 heterocycles. The summed E-state index contributed by atoms with van der Waals surface area (Å²) in [5.74, 6) is -5.80. The van der Waals surface area contributed by atoms with Crippen molar-refractivity contribution >= 4 is 5.78 Å². The first-order chi connectivity index (χ1) is 7.37. The summed E-state index contributed by atoms with van der Waals surface area (Å²) in [7, 11) is 0. The molecule has 1 rings (SSSR count). The van der Waals surface area contributed by atoms with Gasteiger partial charge in [-0.15, -0.1) is 0 Å². The van der Waals surface area contributed by atoms with Gasteiger partial charge in [-0.2, -0.15) is 8.78 Å². The summed E-state index contributed by atoms with van der Waals surface area (Å²) in [6.07, 6.45) is -2.08. The van der Waals surface area contributed by atoms with E-state index in [1.807, 2.05) is 0 Å². The smallest absolute Gasteiger partial charge is 0.334 e. The average Bonchev–Trinajstić information content (AvgIpc) is 2.28. The third kappa shape index (κ3) is 2.44. The van der Waals surface area contributed by atoms with Gasteiger partial charge in [-0.3, -0.25) is 4.79 Å². The van der Waals surface area contributed by atoms with Gasteiger partial charge in [0.25, 0.3) is 0 Å². The van der Waals surface area contributed by atoms with E-state index in [0.717, 1.165) is 0 Å². The van der Waals surface area contributed by atoms with E-state index in [2.05, 4.69) is 0 Å². The Hall–Kier alpha value is -1.29. The first kappa shape index (κ1) is 12.8. The van der Waals surface area contributed by atoms with Gasteiger partial charge in [-0.1, -0.05) is 44.2 Å². The number of hydrogen-bond acceptors (Lipinski definition) is 2. The lowest BCUT2D eigenvalue weighted by Crippen LogP contribution is -2.38. The number of alkyl halides is 2. The number of ketones is 1. The molecule has 2 nitrogen and oxygen atoms in total. The van der Waals surface area contributed by atoms with Crippen molar-refractivity contribution in [1.29, 1.82) is 0 Å². The Morgan fingerprint density at radius 2 is 1.75 bits per heavy atom. The Morgan fingerprint density at radius 3 is 2.19 bits per heavy atom. The molecular weight excluding hydrogens is 214 g/mol. The molecule has 1 unspecified atom stereocenters. The Labute approximate surface area is 92.9 Å². The first-order valence-corrected chi connectivity index (χ1v) is 5.02. The van der Waals surface area contributed by atoms with Crippen LogP contribution in [0, 0.1) is 5.92 Å². The minimum absolute atomic E-state index is 0.0431. The van der Waals surface area contributed by atoms with Crippen molar-refractivity contribution in [2.24, 2.45) is 5.92 Å². The molecule has 0 fully saturated rings. The van der Waals surface area contributed by atoms with Crippen molar-refractivity contribution < 1.29 is 18.7 Å². The summed E-state index contributed by atoms with van der Waals surface area (Å²) in [5, 5.41) is 9.50. The maximum absolute atomic E-state index is 13.5. The topological polar surface area (TPSA) is 37.3 Å². The van der Waals surface area contributed by atoms with E-state index >= 15 is 0 Å². The number of halogens is 2. The standard InChI is InChI=1S/C12H14F2O2/c1-8(2)10(15)12(13,14)11(16)9-6-4-3-5-7-9/h3-8,11,16H,1-2H3. The molecule has 4 heteroatoms. The van der Waals surface area contributed by atoms with E-state index in [1.165, 1.54) is 38.1 Å². The molecule has 1 N–H and O–H groups in total. The van der Waals surface area contributed by atoms with Crippen molar-refractivity contribution in [3.8, 4) is 0 Å². The van der Waals surface area contributed by atoms with Crippen LogP contribution in [0.25, 0.3) is 0 Å². The van der Waals surface area contributed by atoms with E-state index in [0.29, 0.717) is 0 Å². The second kappa shape index (κ2) is 4.70. The summed E-state index contributed by atoms with van der Waals surface area (Å²) in [5.41, 5.74) is 0.0431. The van der Waals surface area contributed by atoms with Crippen LogP contribution in [0.3, 0.4) is 0 Å². The predicted molar refractivity (Wildman–Crippen MR) is 56.2 cm³/mol. The summed E-state index contributed by atoms with van der Waals surface area (Å²) >= 11 is 0. The molecular formula is C12H14F2O2. The minimum Gasteiger partial charge on any atom is -0.382 e. The fourth-order valence-electron chi connectivity index (χ4n) is 1.36. The van der Waals surface area contributed by atoms with Crippen LogP contribution in [0.5, 0.6) is 0 Å². The summed E-state index contributed by atoms with van der Waals surface area (Å²) in [6, 6.07) is 7.46. The zero-order chi connectivity index (χ0) is 12.3. The number of Topliss-reactive ketones (excluding diaryl/α,β-unsaturated/α-hetero) is 1. The molecule has 0 saturated heterocycles. The lowest BCUT2D eigenvalue weighted by molar-refractivity contribution is -0.165. The second-order valence-electron chi connectivity index (χ2n) is 3.96. The molecule has 0 aliphatic rings. The van der Waals surface area contributed by atoms with E-state index in [9.17, 15) is 18.7 Å². The number of hydrogen-bond donors (Lipinski definition) is 1. The highest BCUT2D eigenvalue weighted by molar-refractivity contribution is 5.88. The largest absolute Gasteiger partial charge is 0.382 e. The van der Waals surface area contributed by atoms with Crippen molar-refractivity contribution in [3.63, 3.8) is 0 Å². The van der Waals surface area contributed by atoms with Gasteiger partial charge in [0, 0.05) is 5.92 Å². The van der Waals surface area contributed by atoms with E-state index < -0.39 is 23.7 Å². The van der Waals surface area contributed by atoms with Gasteiger partial charge in [0.2, 0.25) is 5.78 Å². The monoisotopic (exact) mass is 228 g/mol. The molecule has 1 aromatic carbocycles. The quantitative estimate of drug-likeness (QED) is 0.860. The maximum Gasteiger partial charge on any atom is 0.334 e. The van der Waals surface area contributed by atoms with E-state index in [-0.39, 0.29) is 5.56 Å². The molecule has 0 radical (unpaired) electrons. The SMILES string of the molecule is CC(C)C(=O)C(F)(F)C(O)c1ccccc1. The van der Waals surface area contributed by atoms with Gasteiger partial charge in [0.1, 0.15) is 6.10 Å². The fourth-order valence-corrected chi connectivity index (χ4v) is 1.36. The lowest BCUT2D eigenvalue weighted by atomic mass is 9.95. The van der Waals surface area contributed by atoms with Crippen LogP contribution in [0.1, 0.15) is 25.5 Å². The Bertz CT molecular complexity index is 361. The molecule has 0 spiro atoms. The Morgan fingerprint density at radius 1 is 1.25 bits per heavy atom. The van der Waals surface area contributed by atoms with Crippen molar-refractivity contribution in [2.45, 2.75) is 25.9 Å². The van der Waals surface area contributed by atoms with Crippen molar-refractivity contribution in [1.82, 2.24) is 0 Å². The molecule has 0 bridgehead atoms. The van der Waals surface area contributed by atoms with Crippen LogP contribution in [0.15, 0.2) is 30.3 Å². The lowest BCUT2D eigenvalue weighted by Gasteiger charge is -2.23. The zero-order valence-electron chi connectivity index (χ0n) is 9.15. The maximum atomic E-state index is 13.5. The molecule has 0 aliphatic carbocycles. The number of aliphatic hydroxyl groups excluding tert-OH is 1. The summed E-state index contributed by atoms with van der Waals surface area (Å²) < 4.78 is 27.1. The van der Waals surface area contributed by atoms with Crippen LogP contribution in [-0.4, -0.2) is 16.8 Å². The van der Waals surface area contributed by atoms with E-state index in [1.54, 1.807) is 6.07 Å². The summed E-state index contributed by atoms with van der Waals surface area (Å²) in [4.78, 5) is 11.3. The normalized spacial score (nSPS) is 13.9. The van der Waals surface area contributed by atoms with Gasteiger partial charge in [0.05, 0.1) is 0 Å². The summed E-state index contributed by atoms with van der Waals surface area (Å²) in [6.45, 7) is 2.77. The molecule has 0 aliphatic heterocycles. The third-order valence-electron chi connectivity index (χ3n) is 2.31. The highest BCUT2D eigenvalue weighted by Gasteiger charge is 2.47. The second-order valence-corrected chi connectivity index (χ2v) is 3.96. The predicted octanol–water partition coefficient (Wildman–Crippen LogP) is 2.58. The van der Waals surface area contributed by atoms with Gasteiger partial charge >= 0.3 is 5.92 Å². The number of aliphatic hydroxyl groups is 1. The number of benzene rings is 1. The van der Waals surface area contributed by atoms with Gasteiger partial charge in [0.15, 0.2) is 0 Å². The highest BCUT2D eigenvalue weighted by atomic mass is 19.3. The van der Waals surface area contributed by atoms with Crippen LogP contribution in [0.2, 0.25) is 0 Å². The van der Waals surface area contributed by atoms with Crippen LogP contribution in [0.4, 0.5) is 8.78 Å². The van der Waals surface area contributed by atoms with Gasteiger partial charge in [-0.05, 0) is 5.56 Å². The molecule has 88 valence electrons. The number of rotatable bonds is 4. The molecule has 16 heavy (non-hydrogen) atoms. The van der Waals surface area contributed by atoms with Gasteiger partial charge < -0.3 is 5.11 Å². The van der Waals surface area contributed by atoms with Crippen molar-refractivity contribution in [2.75, 3.05) is 0 Å². The molecule has 0 saturated carbocycles. The van der Waals surface area contributed by atoms with E-state index in [4.69, 9.17) is 0 Å². The van der Waals surface area contributed by atoms with Crippen molar-refractivity contribution in [3.05, 3.63) is 35.9 Å². The third-order valence-corrected chi connectivity index (χ3v) is 2.31. The molecule has 1 aromatic rings. The average molecular weight is 228 g/mol. The minimum atomic E-state index is -3.74. The first-order valence-electron chi connectivity index (χ1n) is 5.02. The Kier molecular flexibility index (Phi) is 3.75. The van der Waals surface area contributed by atoms with Crippen LogP contribution >= 0.6 is 0 Å². The highest BCUT2D eigenvalue weighted by Crippen LogP contribution is 2.33. The zero-order valence-corrected chi connectivity index (χ0v) is 9.15. The fraction of sp³-hybridized carbons (Fsp3) is 0.417. The Balaban J connectivity index is 2.97. The van der Waals surface area contributed by atoms with Crippen LogP contribution in [-0.2, 0) is 4.79 Å². The molecule has 0 amide bonds. The molecule has 1 atom stereocenters. The van der Waals surface area contributed by atoms with Gasteiger partial charge in [-0.25, -0.2) is 0 Å². The molecule has 0 aromatic heterocycles.